The van der Waals surface area contributed by atoms with Crippen molar-refractivity contribution in [3.8, 4) is 5.75 Å². The van der Waals surface area contributed by atoms with Gasteiger partial charge in [-0.05, 0) is 73.7 Å². The highest BCUT2D eigenvalue weighted by molar-refractivity contribution is 6.11. The number of carbonyl (C=O) groups excluding carboxylic acids is 1. The third-order valence-electron chi connectivity index (χ3n) is 4.54. The predicted octanol–water partition coefficient (Wildman–Crippen LogP) is 4.09. The fourth-order valence-corrected chi connectivity index (χ4v) is 3.03. The van der Waals surface area contributed by atoms with Crippen LogP contribution >= 0.6 is 0 Å². The molecule has 1 aliphatic rings. The quantitative estimate of drug-likeness (QED) is 0.775. The number of hydrogen-bond acceptors (Lipinski definition) is 2. The Morgan fingerprint density at radius 1 is 1.00 bits per heavy atom. The van der Waals surface area contributed by atoms with E-state index in [4.69, 9.17) is 4.74 Å². The predicted molar refractivity (Wildman–Crippen MR) is 84.5 cm³/mol. The Morgan fingerprint density at radius 2 is 1.67 bits per heavy atom. The maximum Gasteiger partial charge on any atom is 0.193 e. The summed E-state index contributed by atoms with van der Waals surface area (Å²) in [4.78, 5) is 13.0. The molecule has 0 atom stereocenters. The fraction of sp³-hybridized carbons (Fsp3) is 0.316. The summed E-state index contributed by atoms with van der Waals surface area (Å²) < 4.78 is 5.51. The molecular formula is C19H20O2. The number of ether oxygens (including phenoxy) is 1. The van der Waals surface area contributed by atoms with Crippen molar-refractivity contribution in [3.05, 3.63) is 63.2 Å². The summed E-state index contributed by atoms with van der Waals surface area (Å²) in [6.07, 6.45) is 0.890. The first-order valence-corrected chi connectivity index (χ1v) is 7.37. The third kappa shape index (κ3) is 2.25. The molecule has 0 aliphatic carbocycles. The Bertz CT molecular complexity index is 715. The molecule has 0 N–H and O–H groups in total. The summed E-state index contributed by atoms with van der Waals surface area (Å²) in [7, 11) is 0. The fourth-order valence-electron chi connectivity index (χ4n) is 3.03. The highest BCUT2D eigenvalue weighted by Gasteiger charge is 2.20. The Balaban J connectivity index is 2.11. The minimum atomic E-state index is 0.117. The van der Waals surface area contributed by atoms with Crippen molar-refractivity contribution < 1.29 is 9.53 Å². The molecule has 2 aromatic carbocycles. The summed E-state index contributed by atoms with van der Waals surface area (Å²) in [6, 6.07) is 7.94. The Morgan fingerprint density at radius 3 is 2.33 bits per heavy atom. The van der Waals surface area contributed by atoms with Gasteiger partial charge in [-0.25, -0.2) is 0 Å². The van der Waals surface area contributed by atoms with Gasteiger partial charge in [0.2, 0.25) is 0 Å². The van der Waals surface area contributed by atoms with Gasteiger partial charge in [-0.1, -0.05) is 6.07 Å². The van der Waals surface area contributed by atoms with Crippen LogP contribution in [0.1, 0.15) is 43.7 Å². The zero-order valence-electron chi connectivity index (χ0n) is 13.0. The smallest absolute Gasteiger partial charge is 0.193 e. The van der Waals surface area contributed by atoms with Gasteiger partial charge in [-0.15, -0.1) is 0 Å². The zero-order valence-corrected chi connectivity index (χ0v) is 13.0. The van der Waals surface area contributed by atoms with Crippen LogP contribution in [0.4, 0.5) is 0 Å². The van der Waals surface area contributed by atoms with E-state index in [0.717, 1.165) is 40.0 Å². The summed E-state index contributed by atoms with van der Waals surface area (Å²) in [5.41, 5.74) is 7.26. The van der Waals surface area contributed by atoms with Gasteiger partial charge in [-0.2, -0.15) is 0 Å². The van der Waals surface area contributed by atoms with Crippen LogP contribution in [0.3, 0.4) is 0 Å². The molecule has 0 unspecified atom stereocenters. The van der Waals surface area contributed by atoms with E-state index < -0.39 is 0 Å². The lowest BCUT2D eigenvalue weighted by Crippen LogP contribution is -2.09. The van der Waals surface area contributed by atoms with Crippen LogP contribution in [0.2, 0.25) is 0 Å². The van der Waals surface area contributed by atoms with Gasteiger partial charge in [0.1, 0.15) is 5.75 Å². The molecule has 0 amide bonds. The summed E-state index contributed by atoms with van der Waals surface area (Å²) in [5, 5.41) is 0. The second-order valence-corrected chi connectivity index (χ2v) is 5.89. The monoisotopic (exact) mass is 280 g/mol. The minimum Gasteiger partial charge on any atom is -0.493 e. The number of ketones is 1. The first kappa shape index (κ1) is 13.9. The molecule has 108 valence electrons. The molecule has 1 heterocycles. The van der Waals surface area contributed by atoms with E-state index in [1.54, 1.807) is 0 Å². The van der Waals surface area contributed by atoms with Crippen molar-refractivity contribution >= 4 is 5.78 Å². The van der Waals surface area contributed by atoms with Crippen molar-refractivity contribution in [2.45, 2.75) is 34.1 Å². The molecule has 0 bridgehead atoms. The second-order valence-electron chi connectivity index (χ2n) is 5.89. The van der Waals surface area contributed by atoms with Gasteiger partial charge < -0.3 is 4.74 Å². The SMILES string of the molecule is Cc1cc(C)c(C)c(C(=O)c2ccc3c(c2)CCO3)c1C. The Hall–Kier alpha value is -2.09. The number of hydrogen-bond donors (Lipinski definition) is 0. The highest BCUT2D eigenvalue weighted by atomic mass is 16.5. The summed E-state index contributed by atoms with van der Waals surface area (Å²) >= 11 is 0. The molecule has 0 aromatic heterocycles. The van der Waals surface area contributed by atoms with E-state index in [1.165, 1.54) is 11.1 Å². The average molecular weight is 280 g/mol. The molecule has 2 aromatic rings. The lowest BCUT2D eigenvalue weighted by atomic mass is 9.89. The van der Waals surface area contributed by atoms with E-state index in [0.29, 0.717) is 6.61 Å². The first-order valence-electron chi connectivity index (χ1n) is 7.37. The standard InChI is InChI=1S/C19H20O2/c1-11-9-12(2)14(4)18(13(11)3)19(20)16-5-6-17-15(10-16)7-8-21-17/h5-6,9-10H,7-8H2,1-4H3. The van der Waals surface area contributed by atoms with Crippen molar-refractivity contribution in [1.29, 1.82) is 0 Å². The van der Waals surface area contributed by atoms with Crippen LogP contribution < -0.4 is 4.74 Å². The molecular weight excluding hydrogens is 260 g/mol. The molecule has 2 heteroatoms. The van der Waals surface area contributed by atoms with Crippen LogP contribution in [0, 0.1) is 27.7 Å². The van der Waals surface area contributed by atoms with E-state index >= 15 is 0 Å². The van der Waals surface area contributed by atoms with Crippen molar-refractivity contribution in [3.63, 3.8) is 0 Å². The number of carbonyl (C=O) groups is 1. The van der Waals surface area contributed by atoms with Gasteiger partial charge in [0.15, 0.2) is 5.78 Å². The van der Waals surface area contributed by atoms with E-state index in [1.807, 2.05) is 32.0 Å². The number of fused-ring (bicyclic) bond motifs is 1. The van der Waals surface area contributed by atoms with Crippen LogP contribution in [0.5, 0.6) is 5.75 Å². The second kappa shape index (κ2) is 5.03. The summed E-state index contributed by atoms with van der Waals surface area (Å²) in [5.74, 6) is 1.03. The molecule has 0 radical (unpaired) electrons. The summed E-state index contributed by atoms with van der Waals surface area (Å²) in [6.45, 7) is 8.91. The topological polar surface area (TPSA) is 26.3 Å². The third-order valence-corrected chi connectivity index (χ3v) is 4.54. The van der Waals surface area contributed by atoms with Crippen molar-refractivity contribution in [2.24, 2.45) is 0 Å². The highest BCUT2D eigenvalue weighted by Crippen LogP contribution is 2.29. The lowest BCUT2D eigenvalue weighted by Gasteiger charge is -2.14. The molecule has 2 nitrogen and oxygen atoms in total. The molecule has 21 heavy (non-hydrogen) atoms. The first-order chi connectivity index (χ1) is 9.99. The zero-order chi connectivity index (χ0) is 15.1. The van der Waals surface area contributed by atoms with Crippen molar-refractivity contribution in [1.82, 2.24) is 0 Å². The van der Waals surface area contributed by atoms with Gasteiger partial charge in [0.05, 0.1) is 6.61 Å². The van der Waals surface area contributed by atoms with Crippen LogP contribution in [0.15, 0.2) is 24.3 Å². The lowest BCUT2D eigenvalue weighted by molar-refractivity contribution is 0.103. The van der Waals surface area contributed by atoms with Gasteiger partial charge >= 0.3 is 0 Å². The molecule has 1 aliphatic heterocycles. The molecule has 0 spiro atoms. The number of rotatable bonds is 2. The van der Waals surface area contributed by atoms with Crippen LogP contribution in [0.25, 0.3) is 0 Å². The maximum absolute atomic E-state index is 13.0. The average Bonchev–Trinajstić information content (AvgIpc) is 2.92. The van der Waals surface area contributed by atoms with E-state index in [9.17, 15) is 4.79 Å². The molecule has 0 saturated carbocycles. The number of aryl methyl sites for hydroxylation is 2. The van der Waals surface area contributed by atoms with Crippen molar-refractivity contribution in [2.75, 3.05) is 6.61 Å². The van der Waals surface area contributed by atoms with Crippen LogP contribution in [-0.4, -0.2) is 12.4 Å². The molecule has 0 fully saturated rings. The van der Waals surface area contributed by atoms with E-state index in [-0.39, 0.29) is 5.78 Å². The Kier molecular flexibility index (Phi) is 3.32. The van der Waals surface area contributed by atoms with E-state index in [2.05, 4.69) is 19.9 Å². The molecule has 3 rings (SSSR count). The largest absolute Gasteiger partial charge is 0.493 e. The molecule has 0 saturated heterocycles. The van der Waals surface area contributed by atoms with Gasteiger partial charge in [-0.3, -0.25) is 4.79 Å². The minimum absolute atomic E-state index is 0.117. The van der Waals surface area contributed by atoms with Gasteiger partial charge in [0.25, 0.3) is 0 Å². The number of benzene rings is 2. The Labute approximate surface area is 125 Å². The van der Waals surface area contributed by atoms with Gasteiger partial charge in [0, 0.05) is 17.5 Å². The maximum atomic E-state index is 13.0. The normalized spacial score (nSPS) is 13.0. The van der Waals surface area contributed by atoms with Crippen LogP contribution in [-0.2, 0) is 6.42 Å².